The Labute approximate surface area is 120 Å². The molecule has 0 aromatic heterocycles. The van der Waals surface area contributed by atoms with Gasteiger partial charge in [-0.25, -0.2) is 0 Å². The van der Waals surface area contributed by atoms with Gasteiger partial charge in [0.25, 0.3) is 0 Å². The van der Waals surface area contributed by atoms with Crippen LogP contribution in [-0.2, 0) is 6.42 Å². The highest BCUT2D eigenvalue weighted by molar-refractivity contribution is 5.85. The molecule has 0 saturated carbocycles. The third-order valence-electron chi connectivity index (χ3n) is 3.25. The van der Waals surface area contributed by atoms with Gasteiger partial charge in [0.15, 0.2) is 0 Å². The number of hydrogen-bond donors (Lipinski definition) is 2. The molecule has 0 aliphatic carbocycles. The van der Waals surface area contributed by atoms with Crippen LogP contribution < -0.4 is 5.73 Å². The summed E-state index contributed by atoms with van der Waals surface area (Å²) in [5.41, 5.74) is 9.38. The van der Waals surface area contributed by atoms with Crippen molar-refractivity contribution in [2.75, 3.05) is 0 Å². The van der Waals surface area contributed by atoms with Gasteiger partial charge in [-0.15, -0.1) is 12.4 Å². The molecule has 3 N–H and O–H groups in total. The van der Waals surface area contributed by atoms with Crippen molar-refractivity contribution in [1.29, 1.82) is 0 Å². The van der Waals surface area contributed by atoms with Gasteiger partial charge in [0.1, 0.15) is 0 Å². The van der Waals surface area contributed by atoms with Crippen LogP contribution in [-0.4, -0.2) is 11.2 Å². The summed E-state index contributed by atoms with van der Waals surface area (Å²) in [5, 5.41) is 10.2. The van der Waals surface area contributed by atoms with Gasteiger partial charge in [0.05, 0.1) is 12.1 Å². The number of aryl methyl sites for hydroxylation is 1. The van der Waals surface area contributed by atoms with Crippen molar-refractivity contribution in [1.82, 2.24) is 0 Å². The Morgan fingerprint density at radius 3 is 2.21 bits per heavy atom. The zero-order chi connectivity index (χ0) is 13.0. The molecular formula is C16H20ClNO. The van der Waals surface area contributed by atoms with E-state index in [1.165, 1.54) is 0 Å². The van der Waals surface area contributed by atoms with E-state index >= 15 is 0 Å². The zero-order valence-electron chi connectivity index (χ0n) is 11.0. The first-order valence-corrected chi connectivity index (χ1v) is 6.21. The predicted molar refractivity (Wildman–Crippen MR) is 81.5 cm³/mol. The maximum Gasteiger partial charge on any atom is 0.0773 e. The number of rotatable bonds is 4. The minimum atomic E-state index is -0.562. The molecule has 2 aromatic rings. The Morgan fingerprint density at radius 1 is 1.00 bits per heavy atom. The van der Waals surface area contributed by atoms with Crippen molar-refractivity contribution < 1.29 is 5.11 Å². The van der Waals surface area contributed by atoms with Gasteiger partial charge in [-0.05, 0) is 23.6 Å². The van der Waals surface area contributed by atoms with Crippen LogP contribution in [0.1, 0.15) is 22.7 Å². The standard InChI is InChI=1S/C16H19NO.ClH/c1-12-7-5-6-10-14(12)16(17)15(18)11-13-8-3-2-4-9-13;/h2-10,15-16,18H,11,17H2,1H3;1H/t15-,16+;/m1./s1. The molecule has 102 valence electrons. The Bertz CT molecular complexity index is 501. The second-order valence-corrected chi connectivity index (χ2v) is 4.64. The number of benzene rings is 2. The van der Waals surface area contributed by atoms with Crippen molar-refractivity contribution in [2.45, 2.75) is 25.5 Å². The van der Waals surface area contributed by atoms with Crippen LogP contribution in [0, 0.1) is 6.92 Å². The first kappa shape index (κ1) is 15.7. The van der Waals surface area contributed by atoms with E-state index in [-0.39, 0.29) is 18.4 Å². The van der Waals surface area contributed by atoms with E-state index in [2.05, 4.69) is 0 Å². The second-order valence-electron chi connectivity index (χ2n) is 4.64. The monoisotopic (exact) mass is 277 g/mol. The molecule has 0 radical (unpaired) electrons. The number of aliphatic hydroxyl groups is 1. The first-order chi connectivity index (χ1) is 8.68. The Balaban J connectivity index is 0.00000180. The van der Waals surface area contributed by atoms with E-state index in [0.29, 0.717) is 6.42 Å². The molecular weight excluding hydrogens is 258 g/mol. The van der Waals surface area contributed by atoms with Crippen LogP contribution in [0.4, 0.5) is 0 Å². The van der Waals surface area contributed by atoms with Crippen molar-refractivity contribution in [3.8, 4) is 0 Å². The Kier molecular flexibility index (Phi) is 6.03. The molecule has 0 aliphatic rings. The van der Waals surface area contributed by atoms with Crippen LogP contribution in [0.15, 0.2) is 54.6 Å². The highest BCUT2D eigenvalue weighted by atomic mass is 35.5. The van der Waals surface area contributed by atoms with Crippen molar-refractivity contribution in [3.05, 3.63) is 71.3 Å². The lowest BCUT2D eigenvalue weighted by Crippen LogP contribution is -2.28. The average Bonchev–Trinajstić information content (AvgIpc) is 2.39. The molecule has 2 rings (SSSR count). The quantitative estimate of drug-likeness (QED) is 0.902. The van der Waals surface area contributed by atoms with Gasteiger partial charge >= 0.3 is 0 Å². The molecule has 0 aliphatic heterocycles. The smallest absolute Gasteiger partial charge is 0.0773 e. The fourth-order valence-corrected chi connectivity index (χ4v) is 2.15. The minimum absolute atomic E-state index is 0. The maximum atomic E-state index is 10.2. The van der Waals surface area contributed by atoms with Crippen LogP contribution in [0.2, 0.25) is 0 Å². The van der Waals surface area contributed by atoms with Crippen molar-refractivity contribution in [3.63, 3.8) is 0 Å². The molecule has 0 heterocycles. The summed E-state index contributed by atoms with van der Waals surface area (Å²) in [5.74, 6) is 0. The summed E-state index contributed by atoms with van der Waals surface area (Å²) in [4.78, 5) is 0. The molecule has 19 heavy (non-hydrogen) atoms. The molecule has 0 saturated heterocycles. The Morgan fingerprint density at radius 2 is 1.58 bits per heavy atom. The van der Waals surface area contributed by atoms with E-state index in [4.69, 9.17) is 5.73 Å². The predicted octanol–water partition coefficient (Wildman–Crippen LogP) is 3.02. The summed E-state index contributed by atoms with van der Waals surface area (Å²) in [6.45, 7) is 2.02. The lowest BCUT2D eigenvalue weighted by Gasteiger charge is -2.21. The average molecular weight is 278 g/mol. The van der Waals surface area contributed by atoms with Gasteiger partial charge in [-0.1, -0.05) is 54.6 Å². The van der Waals surface area contributed by atoms with Gasteiger partial charge in [0.2, 0.25) is 0 Å². The van der Waals surface area contributed by atoms with E-state index < -0.39 is 6.10 Å². The molecule has 0 bridgehead atoms. The molecule has 0 amide bonds. The largest absolute Gasteiger partial charge is 0.391 e. The summed E-state index contributed by atoms with van der Waals surface area (Å²) >= 11 is 0. The molecule has 2 atom stereocenters. The van der Waals surface area contributed by atoms with Crippen LogP contribution in [0.3, 0.4) is 0 Å². The van der Waals surface area contributed by atoms with E-state index in [9.17, 15) is 5.11 Å². The van der Waals surface area contributed by atoms with E-state index in [1.807, 2.05) is 61.5 Å². The molecule has 2 nitrogen and oxygen atoms in total. The molecule has 0 spiro atoms. The van der Waals surface area contributed by atoms with Crippen LogP contribution in [0.25, 0.3) is 0 Å². The van der Waals surface area contributed by atoms with E-state index in [0.717, 1.165) is 16.7 Å². The van der Waals surface area contributed by atoms with Gasteiger partial charge in [-0.2, -0.15) is 0 Å². The van der Waals surface area contributed by atoms with E-state index in [1.54, 1.807) is 0 Å². The topological polar surface area (TPSA) is 46.2 Å². The fraction of sp³-hybridized carbons (Fsp3) is 0.250. The SMILES string of the molecule is Cc1ccccc1[C@H](N)[C@H](O)Cc1ccccc1.Cl. The minimum Gasteiger partial charge on any atom is -0.391 e. The number of nitrogens with two attached hydrogens (primary N) is 1. The third-order valence-corrected chi connectivity index (χ3v) is 3.25. The van der Waals surface area contributed by atoms with Crippen molar-refractivity contribution in [2.24, 2.45) is 5.73 Å². The normalized spacial score (nSPS) is 13.4. The highest BCUT2D eigenvalue weighted by Gasteiger charge is 2.18. The molecule has 3 heteroatoms. The lowest BCUT2D eigenvalue weighted by molar-refractivity contribution is 0.145. The van der Waals surface area contributed by atoms with Gasteiger partial charge < -0.3 is 10.8 Å². The third kappa shape index (κ3) is 4.06. The first-order valence-electron chi connectivity index (χ1n) is 6.21. The summed E-state index contributed by atoms with van der Waals surface area (Å²) in [6, 6.07) is 17.5. The lowest BCUT2D eigenvalue weighted by atomic mass is 9.94. The van der Waals surface area contributed by atoms with Crippen LogP contribution >= 0.6 is 12.4 Å². The molecule has 0 fully saturated rings. The number of hydrogen-bond acceptors (Lipinski definition) is 2. The van der Waals surface area contributed by atoms with Gasteiger partial charge in [-0.3, -0.25) is 0 Å². The zero-order valence-corrected chi connectivity index (χ0v) is 11.8. The summed E-state index contributed by atoms with van der Waals surface area (Å²) < 4.78 is 0. The second kappa shape index (κ2) is 7.29. The highest BCUT2D eigenvalue weighted by Crippen LogP contribution is 2.20. The fourth-order valence-electron chi connectivity index (χ4n) is 2.15. The summed E-state index contributed by atoms with van der Waals surface area (Å²) in [6.07, 6.45) is 0.0181. The summed E-state index contributed by atoms with van der Waals surface area (Å²) in [7, 11) is 0. The Hall–Kier alpha value is -1.35. The molecule has 0 unspecified atom stereocenters. The number of aliphatic hydroxyl groups excluding tert-OH is 1. The van der Waals surface area contributed by atoms with Crippen LogP contribution in [0.5, 0.6) is 0 Å². The maximum absolute atomic E-state index is 10.2. The van der Waals surface area contributed by atoms with Gasteiger partial charge in [0, 0.05) is 6.42 Å². The van der Waals surface area contributed by atoms with Crippen molar-refractivity contribution >= 4 is 12.4 Å². The number of halogens is 1. The molecule has 2 aromatic carbocycles.